The molecule has 1 N–H and O–H groups in total. The average Bonchev–Trinajstić information content (AvgIpc) is 3.35. The standard InChI is InChI=1S/C23H25N5O4/c1-30-16-5-6-20(31-2)17(11-16)19-7-9-24-23(27-19)28-21(14-3-4-14)18(12-25-28)22(29)26-15-8-10-32-13-15/h5-7,9,11-12,14-15H,3-4,8,10,13H2,1-2H3,(H,26,29)/t15-/m0/s1. The summed E-state index contributed by atoms with van der Waals surface area (Å²) in [5.74, 6) is 1.94. The quantitative estimate of drug-likeness (QED) is 0.609. The maximum absolute atomic E-state index is 12.9. The van der Waals surface area contributed by atoms with Gasteiger partial charge in [0.25, 0.3) is 11.9 Å². The van der Waals surface area contributed by atoms with E-state index in [0.717, 1.165) is 30.5 Å². The Morgan fingerprint density at radius 1 is 1.19 bits per heavy atom. The smallest absolute Gasteiger partial charge is 0.255 e. The van der Waals surface area contributed by atoms with E-state index < -0.39 is 0 Å². The molecule has 166 valence electrons. The molecule has 1 saturated heterocycles. The van der Waals surface area contributed by atoms with Crippen molar-refractivity contribution in [2.75, 3.05) is 27.4 Å². The molecule has 2 aromatic heterocycles. The van der Waals surface area contributed by atoms with Crippen molar-refractivity contribution < 1.29 is 19.0 Å². The molecule has 1 aromatic carbocycles. The molecule has 2 fully saturated rings. The first-order valence-corrected chi connectivity index (χ1v) is 10.7. The number of benzene rings is 1. The number of aromatic nitrogens is 4. The van der Waals surface area contributed by atoms with Gasteiger partial charge in [0.2, 0.25) is 0 Å². The Kier molecular flexibility index (Phi) is 5.48. The second-order valence-corrected chi connectivity index (χ2v) is 7.97. The maximum atomic E-state index is 12.9. The zero-order valence-electron chi connectivity index (χ0n) is 18.1. The van der Waals surface area contributed by atoms with Crippen LogP contribution in [0.5, 0.6) is 11.5 Å². The van der Waals surface area contributed by atoms with Gasteiger partial charge in [-0.2, -0.15) is 5.10 Å². The largest absolute Gasteiger partial charge is 0.497 e. The second-order valence-electron chi connectivity index (χ2n) is 7.97. The van der Waals surface area contributed by atoms with Crippen molar-refractivity contribution in [3.8, 4) is 28.7 Å². The Morgan fingerprint density at radius 3 is 2.78 bits per heavy atom. The fraction of sp³-hybridized carbons (Fsp3) is 0.391. The topological polar surface area (TPSA) is 100 Å². The van der Waals surface area contributed by atoms with Crippen molar-refractivity contribution in [3.63, 3.8) is 0 Å². The summed E-state index contributed by atoms with van der Waals surface area (Å²) in [6.45, 7) is 1.22. The number of hydrogen-bond donors (Lipinski definition) is 1. The van der Waals surface area contributed by atoms with Crippen molar-refractivity contribution in [3.05, 3.63) is 47.9 Å². The number of nitrogens with zero attached hydrogens (tertiary/aromatic N) is 4. The Balaban J connectivity index is 1.51. The molecule has 3 heterocycles. The first kappa shape index (κ1) is 20.4. The number of carbonyl (C=O) groups is 1. The van der Waals surface area contributed by atoms with Crippen LogP contribution in [0.4, 0.5) is 0 Å². The third-order valence-corrected chi connectivity index (χ3v) is 5.79. The number of carbonyl (C=O) groups excluding carboxylic acids is 1. The third kappa shape index (κ3) is 3.91. The minimum absolute atomic E-state index is 0.0398. The summed E-state index contributed by atoms with van der Waals surface area (Å²) in [6, 6.07) is 7.41. The fourth-order valence-corrected chi connectivity index (χ4v) is 3.97. The zero-order valence-corrected chi connectivity index (χ0v) is 18.1. The lowest BCUT2D eigenvalue weighted by Crippen LogP contribution is -2.35. The number of amides is 1. The Labute approximate surface area is 185 Å². The summed E-state index contributed by atoms with van der Waals surface area (Å²) >= 11 is 0. The van der Waals surface area contributed by atoms with Crippen molar-refractivity contribution >= 4 is 5.91 Å². The van der Waals surface area contributed by atoms with Crippen LogP contribution in [0.1, 0.15) is 41.2 Å². The van der Waals surface area contributed by atoms with Gasteiger partial charge in [-0.1, -0.05) is 0 Å². The number of rotatable bonds is 7. The molecular weight excluding hydrogens is 410 g/mol. The minimum Gasteiger partial charge on any atom is -0.497 e. The second kappa shape index (κ2) is 8.58. The highest BCUT2D eigenvalue weighted by atomic mass is 16.5. The number of methoxy groups -OCH3 is 2. The molecule has 0 bridgehead atoms. The molecule has 3 aromatic rings. The van der Waals surface area contributed by atoms with Gasteiger partial charge in [-0.3, -0.25) is 4.79 Å². The van der Waals surface area contributed by atoms with Crippen molar-refractivity contribution in [1.29, 1.82) is 0 Å². The van der Waals surface area contributed by atoms with Gasteiger partial charge in [-0.15, -0.1) is 0 Å². The van der Waals surface area contributed by atoms with Crippen LogP contribution in [0.2, 0.25) is 0 Å². The van der Waals surface area contributed by atoms with Gasteiger partial charge in [0.1, 0.15) is 11.5 Å². The first-order chi connectivity index (χ1) is 15.7. The van der Waals surface area contributed by atoms with Gasteiger partial charge < -0.3 is 19.5 Å². The highest BCUT2D eigenvalue weighted by Gasteiger charge is 2.34. The molecule has 1 atom stereocenters. The molecule has 1 amide bonds. The van der Waals surface area contributed by atoms with E-state index >= 15 is 0 Å². The van der Waals surface area contributed by atoms with Crippen LogP contribution in [0.25, 0.3) is 17.2 Å². The fourth-order valence-electron chi connectivity index (χ4n) is 3.97. The van der Waals surface area contributed by atoms with Gasteiger partial charge in [-0.05, 0) is 43.5 Å². The first-order valence-electron chi connectivity index (χ1n) is 10.7. The van der Waals surface area contributed by atoms with E-state index in [1.807, 2.05) is 24.3 Å². The number of nitrogens with one attached hydrogen (secondary N) is 1. The van der Waals surface area contributed by atoms with Crippen molar-refractivity contribution in [1.82, 2.24) is 25.1 Å². The van der Waals surface area contributed by atoms with Gasteiger partial charge in [-0.25, -0.2) is 14.6 Å². The predicted octanol–water partition coefficient (Wildman–Crippen LogP) is 2.74. The van der Waals surface area contributed by atoms with Gasteiger partial charge in [0, 0.05) is 24.3 Å². The lowest BCUT2D eigenvalue weighted by molar-refractivity contribution is 0.0929. The molecule has 1 aliphatic carbocycles. The van der Waals surface area contributed by atoms with Crippen molar-refractivity contribution in [2.45, 2.75) is 31.2 Å². The van der Waals surface area contributed by atoms with Crippen LogP contribution in [0.15, 0.2) is 36.7 Å². The molecule has 1 saturated carbocycles. The van der Waals surface area contributed by atoms with Gasteiger partial charge in [0.05, 0.1) is 50.0 Å². The summed E-state index contributed by atoms with van der Waals surface area (Å²) in [7, 11) is 3.24. The van der Waals surface area contributed by atoms with Gasteiger partial charge in [0.15, 0.2) is 0 Å². The lowest BCUT2D eigenvalue weighted by atomic mass is 10.1. The SMILES string of the molecule is COc1ccc(OC)c(-c2ccnc(-n3ncc(C(=O)N[C@H]4CCOC4)c3C3CC3)n2)c1. The van der Waals surface area contributed by atoms with Crippen LogP contribution >= 0.6 is 0 Å². The van der Waals surface area contributed by atoms with E-state index in [4.69, 9.17) is 19.2 Å². The van der Waals surface area contributed by atoms with Crippen LogP contribution in [0.3, 0.4) is 0 Å². The monoisotopic (exact) mass is 435 g/mol. The highest BCUT2D eigenvalue weighted by molar-refractivity contribution is 5.95. The maximum Gasteiger partial charge on any atom is 0.255 e. The highest BCUT2D eigenvalue weighted by Crippen LogP contribution is 2.42. The summed E-state index contributed by atoms with van der Waals surface area (Å²) < 4.78 is 17.9. The van der Waals surface area contributed by atoms with E-state index in [1.54, 1.807) is 31.3 Å². The molecule has 2 aliphatic rings. The van der Waals surface area contributed by atoms with Gasteiger partial charge >= 0.3 is 0 Å². The third-order valence-electron chi connectivity index (χ3n) is 5.79. The zero-order chi connectivity index (χ0) is 22.1. The molecule has 9 heteroatoms. The van der Waals surface area contributed by atoms with E-state index in [0.29, 0.717) is 41.9 Å². The summed E-state index contributed by atoms with van der Waals surface area (Å²) in [4.78, 5) is 22.1. The van der Waals surface area contributed by atoms with Crippen LogP contribution in [-0.2, 0) is 4.74 Å². The summed E-state index contributed by atoms with van der Waals surface area (Å²) in [6.07, 6.45) is 6.15. The average molecular weight is 435 g/mol. The molecular formula is C23H25N5O4. The van der Waals surface area contributed by atoms with E-state index in [1.165, 1.54) is 0 Å². The lowest BCUT2D eigenvalue weighted by Gasteiger charge is -2.13. The number of hydrogen-bond acceptors (Lipinski definition) is 7. The molecule has 1 aliphatic heterocycles. The predicted molar refractivity (Wildman–Crippen MR) is 116 cm³/mol. The minimum atomic E-state index is -0.126. The number of ether oxygens (including phenoxy) is 3. The molecule has 0 unspecified atom stereocenters. The molecule has 0 spiro atoms. The Bertz CT molecular complexity index is 1140. The van der Waals surface area contributed by atoms with Crippen LogP contribution in [-0.4, -0.2) is 59.1 Å². The van der Waals surface area contributed by atoms with Crippen molar-refractivity contribution in [2.24, 2.45) is 0 Å². The molecule has 0 radical (unpaired) electrons. The Hall–Kier alpha value is -3.46. The van der Waals surface area contributed by atoms with E-state index in [2.05, 4.69) is 15.4 Å². The van der Waals surface area contributed by atoms with E-state index in [-0.39, 0.29) is 17.9 Å². The molecule has 9 nitrogen and oxygen atoms in total. The summed E-state index contributed by atoms with van der Waals surface area (Å²) in [5, 5.41) is 7.56. The normalized spacial score (nSPS) is 17.9. The molecule has 32 heavy (non-hydrogen) atoms. The Morgan fingerprint density at radius 2 is 2.06 bits per heavy atom. The summed E-state index contributed by atoms with van der Waals surface area (Å²) in [5.41, 5.74) is 2.90. The van der Waals surface area contributed by atoms with Crippen LogP contribution in [0, 0.1) is 0 Å². The molecule has 5 rings (SSSR count). The van der Waals surface area contributed by atoms with E-state index in [9.17, 15) is 4.79 Å². The van der Waals surface area contributed by atoms with Crippen LogP contribution < -0.4 is 14.8 Å².